The monoisotopic (exact) mass is 769 g/mol. The van der Waals surface area contributed by atoms with Crippen LogP contribution in [0, 0.1) is 0 Å². The van der Waals surface area contributed by atoms with E-state index in [1.165, 1.54) is 4.90 Å². The second kappa shape index (κ2) is 18.1. The molecule has 3 atom stereocenters. The highest BCUT2D eigenvalue weighted by molar-refractivity contribution is 5.99. The van der Waals surface area contributed by atoms with E-state index in [2.05, 4.69) is 16.0 Å². The summed E-state index contributed by atoms with van der Waals surface area (Å²) in [6.07, 6.45) is 0.585. The number of alkyl carbamates (subject to hydrolysis) is 1. The smallest absolute Gasteiger partial charge is 0.415 e. The molecule has 6 amide bonds. The van der Waals surface area contributed by atoms with Gasteiger partial charge in [0.1, 0.15) is 24.8 Å². The molecule has 5 N–H and O–H groups in total. The van der Waals surface area contributed by atoms with Gasteiger partial charge in [-0.25, -0.2) is 9.59 Å². The summed E-state index contributed by atoms with van der Waals surface area (Å²) in [5.74, 6) is -1.10. The van der Waals surface area contributed by atoms with Gasteiger partial charge in [-0.05, 0) is 101 Å². The Bertz CT molecular complexity index is 1910. The standard InChI is InChI=1S/C41H51N7O8/c1-6-36(50)47-26(2)22-34(31-10-7-8-11-32(31)47)48(30-19-17-28(18-20-30)44-35(49)23-42)40(54)55-25-27-13-15-29(16-14-27)45-38(52)33-12-9-21-46(33)37(51)24-43-39(53)56-41(3,4)5/h7-8,10-11,13-20,26,33-34H,6,9,12,21-25,42H2,1-5H3,(H,43,53)(H,44,49)(H,45,52)/t26-,33-,34+/m0/s1. The molecule has 15 heteroatoms. The molecular weight excluding hydrogens is 718 g/mol. The van der Waals surface area contributed by atoms with E-state index in [0.29, 0.717) is 54.9 Å². The van der Waals surface area contributed by atoms with Gasteiger partial charge in [0.15, 0.2) is 0 Å². The number of anilines is 4. The summed E-state index contributed by atoms with van der Waals surface area (Å²) < 4.78 is 11.1. The molecule has 56 heavy (non-hydrogen) atoms. The summed E-state index contributed by atoms with van der Waals surface area (Å²) in [6, 6.07) is 19.8. The molecule has 298 valence electrons. The zero-order chi connectivity index (χ0) is 40.6. The molecule has 15 nitrogen and oxygen atoms in total. The van der Waals surface area contributed by atoms with Gasteiger partial charge in [-0.1, -0.05) is 37.3 Å². The lowest BCUT2D eigenvalue weighted by molar-refractivity contribution is -0.135. The van der Waals surface area contributed by atoms with Crippen molar-refractivity contribution in [1.29, 1.82) is 0 Å². The molecule has 3 aromatic carbocycles. The van der Waals surface area contributed by atoms with Crippen LogP contribution in [0.2, 0.25) is 0 Å². The number of ether oxygens (including phenoxy) is 2. The summed E-state index contributed by atoms with van der Waals surface area (Å²) in [5, 5.41) is 8.03. The van der Waals surface area contributed by atoms with Gasteiger partial charge < -0.3 is 41.0 Å². The zero-order valence-electron chi connectivity index (χ0n) is 32.5. The first-order chi connectivity index (χ1) is 26.7. The first-order valence-electron chi connectivity index (χ1n) is 18.8. The molecule has 1 fully saturated rings. The van der Waals surface area contributed by atoms with Gasteiger partial charge >= 0.3 is 12.2 Å². The maximum atomic E-state index is 14.1. The Morgan fingerprint density at radius 3 is 2.21 bits per heavy atom. The van der Waals surface area contributed by atoms with Crippen molar-refractivity contribution in [3.8, 4) is 0 Å². The lowest BCUT2D eigenvalue weighted by Crippen LogP contribution is -2.47. The topological polar surface area (TPSA) is 193 Å². The maximum Gasteiger partial charge on any atom is 0.415 e. The minimum Gasteiger partial charge on any atom is -0.444 e. The lowest BCUT2D eigenvalue weighted by atomic mass is 9.90. The molecule has 0 radical (unpaired) electrons. The average Bonchev–Trinajstić information content (AvgIpc) is 3.67. The number of likely N-dealkylation sites (tertiary alicyclic amines) is 1. The van der Waals surface area contributed by atoms with Crippen molar-refractivity contribution in [3.05, 3.63) is 83.9 Å². The number of nitrogens with one attached hydrogen (secondary N) is 3. The Morgan fingerprint density at radius 1 is 0.893 bits per heavy atom. The highest BCUT2D eigenvalue weighted by Crippen LogP contribution is 2.43. The number of benzene rings is 3. The van der Waals surface area contributed by atoms with Crippen LogP contribution in [0.5, 0.6) is 0 Å². The SMILES string of the molecule is CCC(=O)N1c2ccccc2[C@H](N(C(=O)OCc2ccc(NC(=O)[C@@H]3CCCN3C(=O)CNC(=O)OC(C)(C)C)cc2)c2ccc(NC(=O)CN)cc2)C[C@@H]1C. The molecule has 2 aliphatic heterocycles. The summed E-state index contributed by atoms with van der Waals surface area (Å²) in [4.78, 5) is 82.0. The molecule has 0 unspecified atom stereocenters. The van der Waals surface area contributed by atoms with E-state index in [4.69, 9.17) is 15.2 Å². The number of nitrogens with two attached hydrogens (primary N) is 1. The summed E-state index contributed by atoms with van der Waals surface area (Å²) >= 11 is 0. The van der Waals surface area contributed by atoms with Crippen LogP contribution in [0.1, 0.15) is 77.5 Å². The largest absolute Gasteiger partial charge is 0.444 e. The van der Waals surface area contributed by atoms with Crippen LogP contribution in [-0.2, 0) is 35.3 Å². The molecular formula is C41H51N7O8. The van der Waals surface area contributed by atoms with Crippen molar-refractivity contribution in [2.75, 3.05) is 40.1 Å². The van der Waals surface area contributed by atoms with Gasteiger partial charge in [0.2, 0.25) is 23.6 Å². The molecule has 2 heterocycles. The normalized spacial score (nSPS) is 17.6. The van der Waals surface area contributed by atoms with E-state index in [1.807, 2.05) is 38.1 Å². The van der Waals surface area contributed by atoms with Gasteiger partial charge in [0.25, 0.3) is 0 Å². The first-order valence-corrected chi connectivity index (χ1v) is 18.8. The zero-order valence-corrected chi connectivity index (χ0v) is 32.5. The molecule has 0 spiro atoms. The molecule has 2 aliphatic rings. The van der Waals surface area contributed by atoms with Crippen LogP contribution in [0.3, 0.4) is 0 Å². The number of carbonyl (C=O) groups is 6. The minimum atomic E-state index is -0.709. The van der Waals surface area contributed by atoms with Gasteiger partial charge in [-0.15, -0.1) is 0 Å². The molecule has 1 saturated heterocycles. The van der Waals surface area contributed by atoms with Crippen LogP contribution in [0.15, 0.2) is 72.8 Å². The number of rotatable bonds is 11. The molecule has 0 saturated carbocycles. The summed E-state index contributed by atoms with van der Waals surface area (Å²) in [5.41, 5.74) is 8.50. The third-order valence-corrected chi connectivity index (χ3v) is 9.50. The fraction of sp³-hybridized carbons (Fsp3) is 0.415. The van der Waals surface area contributed by atoms with Crippen molar-refractivity contribution in [2.45, 2.75) is 90.6 Å². The van der Waals surface area contributed by atoms with E-state index in [1.54, 1.807) is 79.1 Å². The second-order valence-electron chi connectivity index (χ2n) is 14.8. The van der Waals surface area contributed by atoms with E-state index in [0.717, 1.165) is 11.3 Å². The Hall–Kier alpha value is -5.96. The molecule has 5 rings (SSSR count). The average molecular weight is 770 g/mol. The lowest BCUT2D eigenvalue weighted by Gasteiger charge is -2.43. The Labute approximate surface area is 326 Å². The molecule has 0 aromatic heterocycles. The predicted molar refractivity (Wildman–Crippen MR) is 212 cm³/mol. The Balaban J connectivity index is 1.27. The van der Waals surface area contributed by atoms with Crippen LogP contribution >= 0.6 is 0 Å². The van der Waals surface area contributed by atoms with Gasteiger partial charge in [-0.3, -0.25) is 24.1 Å². The number of hydrogen-bond donors (Lipinski definition) is 4. The quantitative estimate of drug-likeness (QED) is 0.196. The third kappa shape index (κ3) is 10.2. The van der Waals surface area contributed by atoms with Crippen LogP contribution in [-0.4, -0.2) is 78.0 Å². The summed E-state index contributed by atoms with van der Waals surface area (Å²) in [6.45, 7) is 8.81. The maximum absolute atomic E-state index is 14.1. The van der Waals surface area contributed by atoms with Crippen molar-refractivity contribution >= 4 is 58.6 Å². The van der Waals surface area contributed by atoms with E-state index in [-0.39, 0.29) is 49.4 Å². The number of hydrogen-bond acceptors (Lipinski definition) is 9. The first kappa shape index (κ1) is 41.2. The van der Waals surface area contributed by atoms with Crippen molar-refractivity contribution < 1.29 is 38.2 Å². The fourth-order valence-corrected chi connectivity index (χ4v) is 6.93. The number of nitrogens with zero attached hydrogens (tertiary/aromatic N) is 3. The van der Waals surface area contributed by atoms with Crippen molar-refractivity contribution in [1.82, 2.24) is 10.2 Å². The van der Waals surface area contributed by atoms with E-state index >= 15 is 0 Å². The third-order valence-electron chi connectivity index (χ3n) is 9.50. The van der Waals surface area contributed by atoms with Crippen LogP contribution in [0.4, 0.5) is 32.3 Å². The Kier molecular flexibility index (Phi) is 13.3. The number of amides is 6. The van der Waals surface area contributed by atoms with Crippen LogP contribution < -0.4 is 31.5 Å². The molecule has 3 aromatic rings. The van der Waals surface area contributed by atoms with E-state index in [9.17, 15) is 28.8 Å². The van der Waals surface area contributed by atoms with Gasteiger partial charge in [-0.2, -0.15) is 0 Å². The van der Waals surface area contributed by atoms with Crippen molar-refractivity contribution in [2.24, 2.45) is 5.73 Å². The second-order valence-corrected chi connectivity index (χ2v) is 14.8. The Morgan fingerprint density at radius 2 is 1.55 bits per heavy atom. The van der Waals surface area contributed by atoms with Crippen molar-refractivity contribution in [3.63, 3.8) is 0 Å². The van der Waals surface area contributed by atoms with E-state index < -0.39 is 29.9 Å². The molecule has 0 aliphatic carbocycles. The summed E-state index contributed by atoms with van der Waals surface area (Å²) in [7, 11) is 0. The number of fused-ring (bicyclic) bond motifs is 1. The predicted octanol–water partition coefficient (Wildman–Crippen LogP) is 5.46. The molecule has 0 bridgehead atoms. The highest BCUT2D eigenvalue weighted by Gasteiger charge is 2.39. The van der Waals surface area contributed by atoms with Gasteiger partial charge in [0, 0.05) is 41.8 Å². The highest BCUT2D eigenvalue weighted by atomic mass is 16.6. The van der Waals surface area contributed by atoms with Gasteiger partial charge in [0.05, 0.1) is 12.6 Å². The number of para-hydroxylation sites is 1. The minimum absolute atomic E-state index is 0.0150. The fourth-order valence-electron chi connectivity index (χ4n) is 6.93. The number of carbonyl (C=O) groups excluding carboxylic acids is 6. The van der Waals surface area contributed by atoms with Crippen LogP contribution in [0.25, 0.3) is 0 Å².